The third-order valence-corrected chi connectivity index (χ3v) is 5.72. The van der Waals surface area contributed by atoms with Gasteiger partial charge in [0.1, 0.15) is 5.82 Å². The Kier molecular flexibility index (Phi) is 5.86. The van der Waals surface area contributed by atoms with E-state index in [4.69, 9.17) is 11.6 Å². The van der Waals surface area contributed by atoms with E-state index in [1.807, 2.05) is 18.2 Å². The average Bonchev–Trinajstić information content (AvgIpc) is 3.16. The van der Waals surface area contributed by atoms with E-state index >= 15 is 0 Å². The van der Waals surface area contributed by atoms with Gasteiger partial charge < -0.3 is 10.4 Å². The van der Waals surface area contributed by atoms with Crippen molar-refractivity contribution in [1.82, 2.24) is 18.7 Å². The first-order valence-electron chi connectivity index (χ1n) is 9.85. The van der Waals surface area contributed by atoms with Crippen molar-refractivity contribution in [2.75, 3.05) is 11.9 Å². The standard InChI is InChI=1S/C22H21ClFN5O3/c1-27-19-18(20(31)28(2)22(27)32)29(12-14-15(23)9-6-10-16(14)24)21(26-19)25-11-17(30)13-7-4-3-5-8-13/h3-10,17,30H,11-12H2,1-2H3,(H,25,26)/t17-/m1/s1. The molecule has 0 spiro atoms. The summed E-state index contributed by atoms with van der Waals surface area (Å²) in [5, 5.41) is 13.7. The SMILES string of the molecule is Cn1c(=O)c2c(nc(NC[C@@H](O)c3ccccc3)n2Cc2c(F)cccc2Cl)n(C)c1=O. The Balaban J connectivity index is 1.83. The van der Waals surface area contributed by atoms with E-state index in [1.165, 1.54) is 35.4 Å². The molecule has 0 bridgehead atoms. The summed E-state index contributed by atoms with van der Waals surface area (Å²) in [6, 6.07) is 13.4. The molecule has 8 nitrogen and oxygen atoms in total. The predicted octanol–water partition coefficient (Wildman–Crippen LogP) is 2.42. The van der Waals surface area contributed by atoms with Crippen LogP contribution in [0.5, 0.6) is 0 Å². The number of nitrogens with zero attached hydrogens (tertiary/aromatic N) is 4. The number of imidazole rings is 1. The highest BCUT2D eigenvalue weighted by molar-refractivity contribution is 6.31. The summed E-state index contributed by atoms with van der Waals surface area (Å²) in [6.07, 6.45) is -0.854. The first-order chi connectivity index (χ1) is 15.3. The molecule has 0 aliphatic heterocycles. The Morgan fingerprint density at radius 2 is 1.81 bits per heavy atom. The maximum atomic E-state index is 14.5. The van der Waals surface area contributed by atoms with Gasteiger partial charge in [0.05, 0.1) is 12.6 Å². The molecule has 0 fully saturated rings. The van der Waals surface area contributed by atoms with Crippen molar-refractivity contribution in [2.45, 2.75) is 12.6 Å². The van der Waals surface area contributed by atoms with Gasteiger partial charge in [-0.15, -0.1) is 0 Å². The average molecular weight is 458 g/mol. The van der Waals surface area contributed by atoms with Gasteiger partial charge in [0.15, 0.2) is 11.2 Å². The van der Waals surface area contributed by atoms with Crippen molar-refractivity contribution in [3.8, 4) is 0 Å². The zero-order chi connectivity index (χ0) is 23.0. The van der Waals surface area contributed by atoms with Crippen molar-refractivity contribution in [3.63, 3.8) is 0 Å². The molecule has 0 aliphatic carbocycles. The van der Waals surface area contributed by atoms with Crippen LogP contribution < -0.4 is 16.6 Å². The van der Waals surface area contributed by atoms with E-state index in [0.29, 0.717) is 5.56 Å². The molecule has 166 valence electrons. The van der Waals surface area contributed by atoms with Gasteiger partial charge in [-0.25, -0.2) is 9.18 Å². The molecular formula is C22H21ClFN5O3. The van der Waals surface area contributed by atoms with Crippen LogP contribution in [0.1, 0.15) is 17.2 Å². The van der Waals surface area contributed by atoms with E-state index in [2.05, 4.69) is 10.3 Å². The number of aliphatic hydroxyl groups is 1. The Morgan fingerprint density at radius 3 is 2.50 bits per heavy atom. The normalized spacial score (nSPS) is 12.3. The summed E-state index contributed by atoms with van der Waals surface area (Å²) < 4.78 is 18.2. The Labute approximate surface area is 187 Å². The van der Waals surface area contributed by atoms with E-state index < -0.39 is 23.2 Å². The molecule has 0 radical (unpaired) electrons. The first-order valence-corrected chi connectivity index (χ1v) is 10.2. The summed E-state index contributed by atoms with van der Waals surface area (Å²) in [5.74, 6) is -0.330. The van der Waals surface area contributed by atoms with Crippen LogP contribution in [0.4, 0.5) is 10.3 Å². The van der Waals surface area contributed by atoms with Crippen molar-refractivity contribution in [1.29, 1.82) is 0 Å². The second kappa shape index (κ2) is 8.60. The van der Waals surface area contributed by atoms with Crippen molar-refractivity contribution in [3.05, 3.63) is 91.3 Å². The minimum Gasteiger partial charge on any atom is -0.387 e. The van der Waals surface area contributed by atoms with Gasteiger partial charge in [0, 0.05) is 31.2 Å². The molecule has 0 saturated heterocycles. The first kappa shape index (κ1) is 21.8. The summed E-state index contributed by atoms with van der Waals surface area (Å²) in [5.41, 5.74) is 0.0266. The molecule has 10 heteroatoms. The third kappa shape index (κ3) is 3.80. The zero-order valence-electron chi connectivity index (χ0n) is 17.4. The summed E-state index contributed by atoms with van der Waals surface area (Å²) in [4.78, 5) is 29.7. The highest BCUT2D eigenvalue weighted by Crippen LogP contribution is 2.24. The Bertz CT molecular complexity index is 1390. The molecule has 0 aliphatic rings. The maximum Gasteiger partial charge on any atom is 0.332 e. The van der Waals surface area contributed by atoms with Crippen LogP contribution >= 0.6 is 11.6 Å². The van der Waals surface area contributed by atoms with Gasteiger partial charge >= 0.3 is 5.69 Å². The molecule has 2 aromatic carbocycles. The number of benzene rings is 2. The molecule has 4 rings (SSSR count). The number of hydrogen-bond donors (Lipinski definition) is 2. The number of aliphatic hydroxyl groups excluding tert-OH is 1. The lowest BCUT2D eigenvalue weighted by atomic mass is 10.1. The molecule has 0 saturated carbocycles. The van der Waals surface area contributed by atoms with Crippen LogP contribution in [-0.2, 0) is 20.6 Å². The van der Waals surface area contributed by atoms with Crippen LogP contribution in [0.25, 0.3) is 11.2 Å². The molecule has 2 heterocycles. The van der Waals surface area contributed by atoms with Gasteiger partial charge in [-0.05, 0) is 17.7 Å². The second-order valence-corrected chi connectivity index (χ2v) is 7.81. The molecule has 2 N–H and O–H groups in total. The van der Waals surface area contributed by atoms with E-state index in [1.54, 1.807) is 18.2 Å². The lowest BCUT2D eigenvalue weighted by Gasteiger charge is -2.15. The van der Waals surface area contributed by atoms with Gasteiger partial charge in [-0.2, -0.15) is 4.98 Å². The van der Waals surface area contributed by atoms with Crippen LogP contribution in [0.2, 0.25) is 5.02 Å². The smallest absolute Gasteiger partial charge is 0.332 e. The van der Waals surface area contributed by atoms with Crippen molar-refractivity contribution in [2.24, 2.45) is 14.1 Å². The highest BCUT2D eigenvalue weighted by Gasteiger charge is 2.21. The molecule has 2 aromatic heterocycles. The van der Waals surface area contributed by atoms with Gasteiger partial charge in [-0.1, -0.05) is 48.0 Å². The van der Waals surface area contributed by atoms with Gasteiger partial charge in [-0.3, -0.25) is 18.5 Å². The lowest BCUT2D eigenvalue weighted by molar-refractivity contribution is 0.191. The Morgan fingerprint density at radius 1 is 1.09 bits per heavy atom. The molecular weight excluding hydrogens is 437 g/mol. The fraction of sp³-hybridized carbons (Fsp3) is 0.227. The minimum absolute atomic E-state index is 0.0760. The highest BCUT2D eigenvalue weighted by atomic mass is 35.5. The quantitative estimate of drug-likeness (QED) is 0.464. The Hall–Kier alpha value is -3.43. The monoisotopic (exact) mass is 457 g/mol. The number of fused-ring (bicyclic) bond motifs is 1. The van der Waals surface area contributed by atoms with Crippen LogP contribution in [-0.4, -0.2) is 30.3 Å². The molecule has 0 unspecified atom stereocenters. The van der Waals surface area contributed by atoms with Crippen LogP contribution in [0, 0.1) is 5.82 Å². The molecule has 0 amide bonds. The largest absolute Gasteiger partial charge is 0.387 e. The lowest BCUT2D eigenvalue weighted by Crippen LogP contribution is -2.37. The molecule has 4 aromatic rings. The number of nitrogens with one attached hydrogen (secondary N) is 1. The number of aromatic nitrogens is 4. The number of rotatable bonds is 6. The molecule has 1 atom stereocenters. The van der Waals surface area contributed by atoms with Crippen LogP contribution in [0.3, 0.4) is 0 Å². The fourth-order valence-electron chi connectivity index (χ4n) is 3.56. The minimum atomic E-state index is -0.854. The zero-order valence-corrected chi connectivity index (χ0v) is 18.2. The summed E-state index contributed by atoms with van der Waals surface area (Å²) >= 11 is 6.21. The van der Waals surface area contributed by atoms with Gasteiger partial charge in [0.2, 0.25) is 5.95 Å². The van der Waals surface area contributed by atoms with E-state index in [-0.39, 0.29) is 40.8 Å². The summed E-state index contributed by atoms with van der Waals surface area (Å²) in [7, 11) is 2.86. The van der Waals surface area contributed by atoms with Crippen molar-refractivity contribution < 1.29 is 9.50 Å². The summed E-state index contributed by atoms with van der Waals surface area (Å²) in [6.45, 7) is -0.0220. The maximum absolute atomic E-state index is 14.5. The number of halogens is 2. The van der Waals surface area contributed by atoms with E-state index in [0.717, 1.165) is 4.57 Å². The topological polar surface area (TPSA) is 94.1 Å². The third-order valence-electron chi connectivity index (χ3n) is 5.36. The van der Waals surface area contributed by atoms with Gasteiger partial charge in [0.25, 0.3) is 5.56 Å². The number of hydrogen-bond acceptors (Lipinski definition) is 5. The fourth-order valence-corrected chi connectivity index (χ4v) is 3.78. The van der Waals surface area contributed by atoms with Crippen molar-refractivity contribution >= 4 is 28.7 Å². The van der Waals surface area contributed by atoms with E-state index in [9.17, 15) is 19.1 Å². The second-order valence-electron chi connectivity index (χ2n) is 7.41. The molecule has 32 heavy (non-hydrogen) atoms. The number of anilines is 1. The number of aryl methyl sites for hydroxylation is 1. The van der Waals surface area contributed by atoms with Crippen LogP contribution in [0.15, 0.2) is 58.1 Å². The predicted molar refractivity (Wildman–Crippen MR) is 121 cm³/mol.